The van der Waals surface area contributed by atoms with E-state index in [0.717, 1.165) is 58.2 Å². The summed E-state index contributed by atoms with van der Waals surface area (Å²) >= 11 is 0. The third kappa shape index (κ3) is 3.74. The van der Waals surface area contributed by atoms with Crippen molar-refractivity contribution in [1.82, 2.24) is 15.1 Å². The Morgan fingerprint density at radius 2 is 1.76 bits per heavy atom. The van der Waals surface area contributed by atoms with Crippen LogP contribution in [0.15, 0.2) is 0 Å². The van der Waals surface area contributed by atoms with Crippen molar-refractivity contribution in [2.75, 3.05) is 26.2 Å². The maximum absolute atomic E-state index is 12.5. The maximum atomic E-state index is 12.5. The predicted molar refractivity (Wildman–Crippen MR) is 79.5 cm³/mol. The van der Waals surface area contributed by atoms with Crippen molar-refractivity contribution in [1.29, 1.82) is 0 Å². The molecule has 2 saturated heterocycles. The van der Waals surface area contributed by atoms with Crippen LogP contribution in [0.3, 0.4) is 0 Å². The normalized spacial score (nSPS) is 27.9. The molecule has 3 rings (SSSR count). The van der Waals surface area contributed by atoms with Gasteiger partial charge in [-0.05, 0) is 38.5 Å². The Morgan fingerprint density at radius 3 is 2.43 bits per heavy atom. The maximum Gasteiger partial charge on any atom is 0.243 e. The number of carbonyl (C=O) groups is 2. The van der Waals surface area contributed by atoms with Crippen molar-refractivity contribution in [2.24, 2.45) is 5.73 Å². The first kappa shape index (κ1) is 14.8. The zero-order chi connectivity index (χ0) is 14.8. The molecule has 0 aromatic carbocycles. The number of carbonyl (C=O) groups excluding carboxylic acids is 2. The summed E-state index contributed by atoms with van der Waals surface area (Å²) in [6.07, 6.45) is 5.81. The third-order valence-corrected chi connectivity index (χ3v) is 4.79. The van der Waals surface area contributed by atoms with Crippen LogP contribution in [0.1, 0.15) is 38.5 Å². The van der Waals surface area contributed by atoms with Crippen molar-refractivity contribution < 1.29 is 9.59 Å². The highest BCUT2D eigenvalue weighted by Crippen LogP contribution is 2.22. The van der Waals surface area contributed by atoms with Crippen LogP contribution >= 0.6 is 0 Å². The molecule has 3 aliphatic rings. The van der Waals surface area contributed by atoms with Crippen molar-refractivity contribution in [3.63, 3.8) is 0 Å². The minimum atomic E-state index is -0.245. The van der Waals surface area contributed by atoms with Gasteiger partial charge in [0, 0.05) is 31.7 Å². The van der Waals surface area contributed by atoms with E-state index in [-0.39, 0.29) is 23.9 Å². The molecule has 0 bridgehead atoms. The number of likely N-dealkylation sites (tertiary alicyclic amines) is 2. The molecule has 2 aliphatic heterocycles. The first-order valence-corrected chi connectivity index (χ1v) is 8.21. The van der Waals surface area contributed by atoms with E-state index in [1.54, 1.807) is 4.90 Å². The van der Waals surface area contributed by atoms with Gasteiger partial charge in [-0.1, -0.05) is 0 Å². The lowest BCUT2D eigenvalue weighted by Gasteiger charge is -2.32. The zero-order valence-electron chi connectivity index (χ0n) is 12.6. The fourth-order valence-electron chi connectivity index (χ4n) is 3.26. The van der Waals surface area contributed by atoms with E-state index in [1.807, 2.05) is 0 Å². The fourth-order valence-corrected chi connectivity index (χ4v) is 3.26. The fraction of sp³-hybridized carbons (Fsp3) is 0.867. The summed E-state index contributed by atoms with van der Waals surface area (Å²) < 4.78 is 0. The van der Waals surface area contributed by atoms with E-state index in [4.69, 9.17) is 5.73 Å². The molecule has 0 spiro atoms. The van der Waals surface area contributed by atoms with Crippen LogP contribution in [-0.2, 0) is 9.59 Å². The molecule has 3 N–H and O–H groups in total. The second-order valence-corrected chi connectivity index (χ2v) is 6.64. The number of rotatable bonds is 4. The van der Waals surface area contributed by atoms with E-state index in [0.29, 0.717) is 12.6 Å². The molecule has 1 unspecified atom stereocenters. The number of nitrogens with zero attached hydrogens (tertiary/aromatic N) is 2. The zero-order valence-corrected chi connectivity index (χ0v) is 12.6. The molecular weight excluding hydrogens is 268 g/mol. The first-order chi connectivity index (χ1) is 10.1. The number of hydrogen-bond donors (Lipinski definition) is 2. The van der Waals surface area contributed by atoms with E-state index in [1.165, 1.54) is 0 Å². The monoisotopic (exact) mass is 294 g/mol. The average molecular weight is 294 g/mol. The molecule has 6 nitrogen and oxygen atoms in total. The molecular formula is C15H26N4O2. The van der Waals surface area contributed by atoms with Crippen LogP contribution in [0.5, 0.6) is 0 Å². The van der Waals surface area contributed by atoms with Crippen LogP contribution in [0.4, 0.5) is 0 Å². The molecule has 0 radical (unpaired) electrons. The molecule has 2 heterocycles. The molecule has 3 fully saturated rings. The minimum Gasteiger partial charge on any atom is -0.352 e. The predicted octanol–water partition coefficient (Wildman–Crippen LogP) is -0.321. The highest BCUT2D eigenvalue weighted by atomic mass is 16.2. The van der Waals surface area contributed by atoms with E-state index < -0.39 is 0 Å². The van der Waals surface area contributed by atoms with Gasteiger partial charge in [0.05, 0.1) is 6.54 Å². The minimum absolute atomic E-state index is 0.0454. The van der Waals surface area contributed by atoms with Crippen molar-refractivity contribution in [3.05, 3.63) is 0 Å². The molecule has 1 saturated carbocycles. The van der Waals surface area contributed by atoms with Crippen LogP contribution in [0.25, 0.3) is 0 Å². The quantitative estimate of drug-likeness (QED) is 0.745. The number of nitrogens with two attached hydrogens (primary N) is 1. The van der Waals surface area contributed by atoms with Gasteiger partial charge in [-0.2, -0.15) is 0 Å². The molecule has 0 aromatic rings. The Morgan fingerprint density at radius 1 is 1.05 bits per heavy atom. The topological polar surface area (TPSA) is 78.7 Å². The van der Waals surface area contributed by atoms with E-state index >= 15 is 0 Å². The van der Waals surface area contributed by atoms with Gasteiger partial charge in [-0.15, -0.1) is 0 Å². The third-order valence-electron chi connectivity index (χ3n) is 4.79. The SMILES string of the molecule is NC1CCN(CC(=O)N2CCCC2C(=O)NC2CC2)CC1. The molecule has 1 atom stereocenters. The Balaban J connectivity index is 1.51. The van der Waals surface area contributed by atoms with Crippen LogP contribution in [0.2, 0.25) is 0 Å². The Bertz CT molecular complexity index is 402. The number of amides is 2. The van der Waals surface area contributed by atoms with Gasteiger partial charge in [0.15, 0.2) is 0 Å². The van der Waals surface area contributed by atoms with Crippen molar-refractivity contribution in [2.45, 2.75) is 56.7 Å². The van der Waals surface area contributed by atoms with E-state index in [9.17, 15) is 9.59 Å². The smallest absolute Gasteiger partial charge is 0.243 e. The van der Waals surface area contributed by atoms with Gasteiger partial charge < -0.3 is 16.0 Å². The summed E-state index contributed by atoms with van der Waals surface area (Å²) in [7, 11) is 0. The number of hydrogen-bond acceptors (Lipinski definition) is 4. The summed E-state index contributed by atoms with van der Waals surface area (Å²) in [5, 5.41) is 3.03. The lowest BCUT2D eigenvalue weighted by Crippen LogP contribution is -2.50. The average Bonchev–Trinajstić information content (AvgIpc) is 3.13. The van der Waals surface area contributed by atoms with Crippen LogP contribution in [0, 0.1) is 0 Å². The van der Waals surface area contributed by atoms with Crippen LogP contribution in [-0.4, -0.2) is 65.9 Å². The molecule has 2 amide bonds. The lowest BCUT2D eigenvalue weighted by atomic mass is 10.1. The number of nitrogens with one attached hydrogen (secondary N) is 1. The lowest BCUT2D eigenvalue weighted by molar-refractivity contribution is -0.139. The van der Waals surface area contributed by atoms with Crippen molar-refractivity contribution >= 4 is 11.8 Å². The van der Waals surface area contributed by atoms with Crippen LogP contribution < -0.4 is 11.1 Å². The Kier molecular flexibility index (Phi) is 4.45. The Labute approximate surface area is 126 Å². The summed E-state index contributed by atoms with van der Waals surface area (Å²) in [5.74, 6) is 0.142. The Hall–Kier alpha value is -1.14. The van der Waals surface area contributed by atoms with Crippen molar-refractivity contribution in [3.8, 4) is 0 Å². The molecule has 118 valence electrons. The first-order valence-electron chi connectivity index (χ1n) is 8.21. The number of piperidine rings is 1. The highest BCUT2D eigenvalue weighted by molar-refractivity contribution is 5.89. The van der Waals surface area contributed by atoms with Gasteiger partial charge in [0.2, 0.25) is 11.8 Å². The van der Waals surface area contributed by atoms with Gasteiger partial charge >= 0.3 is 0 Å². The second-order valence-electron chi connectivity index (χ2n) is 6.64. The van der Waals surface area contributed by atoms with Gasteiger partial charge in [0.1, 0.15) is 6.04 Å². The summed E-state index contributed by atoms with van der Waals surface area (Å²) in [5.41, 5.74) is 5.89. The standard InChI is InChI=1S/C15H26N4O2/c16-11-5-8-18(9-6-11)10-14(20)19-7-1-2-13(19)15(21)17-12-3-4-12/h11-13H,1-10,16H2,(H,17,21). The second kappa shape index (κ2) is 6.32. The molecule has 0 aromatic heterocycles. The summed E-state index contributed by atoms with van der Waals surface area (Å²) in [4.78, 5) is 28.6. The van der Waals surface area contributed by atoms with Gasteiger partial charge in [0.25, 0.3) is 0 Å². The largest absolute Gasteiger partial charge is 0.352 e. The van der Waals surface area contributed by atoms with E-state index in [2.05, 4.69) is 10.2 Å². The molecule has 6 heteroatoms. The summed E-state index contributed by atoms with van der Waals surface area (Å²) in [6, 6.07) is 0.393. The molecule has 21 heavy (non-hydrogen) atoms. The van der Waals surface area contributed by atoms with Gasteiger partial charge in [-0.25, -0.2) is 0 Å². The summed E-state index contributed by atoms with van der Waals surface area (Å²) in [6.45, 7) is 2.92. The molecule has 1 aliphatic carbocycles. The highest BCUT2D eigenvalue weighted by Gasteiger charge is 2.36. The van der Waals surface area contributed by atoms with Gasteiger partial charge in [-0.3, -0.25) is 14.5 Å².